The second-order valence-corrected chi connectivity index (χ2v) is 6.32. The third-order valence-corrected chi connectivity index (χ3v) is 4.72. The van der Waals surface area contributed by atoms with Crippen LogP contribution in [0.5, 0.6) is 0 Å². The fourth-order valence-corrected chi connectivity index (χ4v) is 3.66. The standard InChI is InChI=1S/C18H18ClNS/c1-20(2)11-5-7-14-15-6-3-4-8-17(15)21-18-10-9-13(19)12-16(14)18/h3-4,6-10,12H,5,11H2,1-2H3/b14-7-/i1D3,2D3. The van der Waals surface area contributed by atoms with E-state index in [0.717, 1.165) is 26.5 Å². The van der Waals surface area contributed by atoms with Crippen LogP contribution < -0.4 is 0 Å². The van der Waals surface area contributed by atoms with Crippen LogP contribution in [0.3, 0.4) is 0 Å². The summed E-state index contributed by atoms with van der Waals surface area (Å²) in [4.78, 5) is 2.74. The highest BCUT2D eigenvalue weighted by atomic mass is 35.5. The van der Waals surface area contributed by atoms with E-state index < -0.39 is 14.0 Å². The van der Waals surface area contributed by atoms with E-state index in [1.165, 1.54) is 0 Å². The van der Waals surface area contributed by atoms with Gasteiger partial charge < -0.3 is 4.90 Å². The zero-order valence-corrected chi connectivity index (χ0v) is 12.8. The molecule has 1 nitrogen and oxygen atoms in total. The lowest BCUT2D eigenvalue weighted by Gasteiger charge is -2.22. The Morgan fingerprint density at radius 3 is 2.81 bits per heavy atom. The average Bonchev–Trinajstić information content (AvgIpc) is 2.55. The van der Waals surface area contributed by atoms with Gasteiger partial charge in [0.15, 0.2) is 0 Å². The van der Waals surface area contributed by atoms with Gasteiger partial charge >= 0.3 is 0 Å². The molecule has 3 heteroatoms. The van der Waals surface area contributed by atoms with Gasteiger partial charge in [0, 0.05) is 29.6 Å². The summed E-state index contributed by atoms with van der Waals surface area (Å²) in [5.74, 6) is 0. The van der Waals surface area contributed by atoms with Crippen LogP contribution in [-0.4, -0.2) is 25.4 Å². The normalized spacial score (nSPS) is 20.6. The van der Waals surface area contributed by atoms with Crippen molar-refractivity contribution in [2.45, 2.75) is 16.2 Å². The van der Waals surface area contributed by atoms with Crippen LogP contribution in [0.15, 0.2) is 58.3 Å². The maximum atomic E-state index is 7.49. The van der Waals surface area contributed by atoms with Crippen molar-refractivity contribution in [2.24, 2.45) is 0 Å². The molecule has 3 rings (SSSR count). The first-order valence-electron chi connectivity index (χ1n) is 9.62. The lowest BCUT2D eigenvalue weighted by atomic mass is 9.96. The molecule has 0 N–H and O–H groups in total. The summed E-state index contributed by atoms with van der Waals surface area (Å²) < 4.78 is 44.9. The molecule has 0 saturated carbocycles. The van der Waals surface area contributed by atoms with E-state index in [0.29, 0.717) is 9.92 Å². The minimum absolute atomic E-state index is 0.0955. The molecule has 0 aliphatic carbocycles. The van der Waals surface area contributed by atoms with Crippen LogP contribution in [-0.2, 0) is 0 Å². The van der Waals surface area contributed by atoms with Gasteiger partial charge in [0.25, 0.3) is 0 Å². The second-order valence-electron chi connectivity index (χ2n) is 4.80. The first-order chi connectivity index (χ1) is 12.6. The summed E-state index contributed by atoms with van der Waals surface area (Å²) >= 11 is 7.83. The molecule has 0 fully saturated rings. The minimum Gasteiger partial charge on any atom is -0.309 e. The van der Waals surface area contributed by atoms with Crippen molar-refractivity contribution in [1.29, 1.82) is 0 Å². The number of hydrogen-bond acceptors (Lipinski definition) is 2. The number of halogens is 1. The third-order valence-electron chi connectivity index (χ3n) is 3.33. The highest BCUT2D eigenvalue weighted by molar-refractivity contribution is 7.99. The Bertz CT molecular complexity index is 861. The molecule has 0 saturated heterocycles. The molecule has 0 atom stereocenters. The van der Waals surface area contributed by atoms with E-state index in [2.05, 4.69) is 0 Å². The molecule has 0 radical (unpaired) electrons. The molecule has 0 spiro atoms. The van der Waals surface area contributed by atoms with Crippen LogP contribution in [0.25, 0.3) is 5.57 Å². The summed E-state index contributed by atoms with van der Waals surface area (Å²) in [7, 11) is 0. The summed E-state index contributed by atoms with van der Waals surface area (Å²) in [6, 6.07) is 13.6. The van der Waals surface area contributed by atoms with E-state index in [1.807, 2.05) is 48.5 Å². The molecule has 1 heterocycles. The van der Waals surface area contributed by atoms with Gasteiger partial charge in [0.1, 0.15) is 0 Å². The molecule has 0 unspecified atom stereocenters. The van der Waals surface area contributed by atoms with Gasteiger partial charge in [0.05, 0.1) is 0 Å². The average molecular weight is 322 g/mol. The van der Waals surface area contributed by atoms with Gasteiger partial charge in [-0.1, -0.05) is 47.6 Å². The predicted molar refractivity (Wildman–Crippen MR) is 92.3 cm³/mol. The monoisotopic (exact) mass is 321 g/mol. The van der Waals surface area contributed by atoms with E-state index in [1.54, 1.807) is 11.8 Å². The maximum Gasteiger partial charge on any atom is 0.0412 e. The smallest absolute Gasteiger partial charge is 0.0412 e. The molecule has 2 aromatic carbocycles. The van der Waals surface area contributed by atoms with Crippen molar-refractivity contribution in [3.05, 3.63) is 64.7 Å². The lowest BCUT2D eigenvalue weighted by Crippen LogP contribution is -2.12. The molecule has 2 aromatic rings. The van der Waals surface area contributed by atoms with Crippen LogP contribution in [0.1, 0.15) is 25.8 Å². The molecular formula is C18H18ClNS. The Morgan fingerprint density at radius 1 is 1.14 bits per heavy atom. The van der Waals surface area contributed by atoms with Crippen LogP contribution in [0, 0.1) is 0 Å². The highest BCUT2D eigenvalue weighted by Crippen LogP contribution is 2.46. The molecule has 0 aromatic heterocycles. The van der Waals surface area contributed by atoms with Gasteiger partial charge in [0.2, 0.25) is 0 Å². The summed E-state index contributed by atoms with van der Waals surface area (Å²) in [6.07, 6.45) is 2.19. The quantitative estimate of drug-likeness (QED) is 0.653. The fourth-order valence-electron chi connectivity index (χ4n) is 2.40. The van der Waals surface area contributed by atoms with Gasteiger partial charge in [-0.05, 0) is 61.3 Å². The predicted octanol–water partition coefficient (Wildman–Crippen LogP) is 5.19. The van der Waals surface area contributed by atoms with E-state index in [9.17, 15) is 0 Å². The Hall–Kier alpha value is -1.22. The van der Waals surface area contributed by atoms with Crippen molar-refractivity contribution in [3.8, 4) is 0 Å². The summed E-state index contributed by atoms with van der Waals surface area (Å²) in [5.41, 5.74) is 2.95. The van der Waals surface area contributed by atoms with Crippen LogP contribution in [0.2, 0.25) is 5.02 Å². The van der Waals surface area contributed by atoms with Gasteiger partial charge in [-0.15, -0.1) is 0 Å². The molecule has 1 aliphatic heterocycles. The largest absolute Gasteiger partial charge is 0.309 e. The SMILES string of the molecule is [2H]C([2H])([2H])N(CC/C=C1/c2ccccc2Sc2ccc(Cl)cc21)C([2H])([2H])[2H]. The fraction of sp³-hybridized carbons (Fsp3) is 0.222. The second kappa shape index (κ2) is 6.27. The number of rotatable bonds is 3. The van der Waals surface area contributed by atoms with Gasteiger partial charge in [-0.3, -0.25) is 0 Å². The first kappa shape index (κ1) is 9.04. The first-order valence-corrected chi connectivity index (χ1v) is 7.82. The zero-order valence-electron chi connectivity index (χ0n) is 17.3. The topological polar surface area (TPSA) is 3.24 Å². The van der Waals surface area contributed by atoms with Crippen molar-refractivity contribution >= 4 is 28.9 Å². The van der Waals surface area contributed by atoms with Crippen molar-refractivity contribution in [1.82, 2.24) is 4.90 Å². The van der Waals surface area contributed by atoms with Crippen molar-refractivity contribution < 1.29 is 8.22 Å². The van der Waals surface area contributed by atoms with E-state index in [-0.39, 0.29) is 13.0 Å². The number of benzene rings is 2. The third kappa shape index (κ3) is 3.18. The summed E-state index contributed by atoms with van der Waals surface area (Å²) in [5, 5.41) is 0.617. The molecule has 0 amide bonds. The maximum absolute atomic E-state index is 7.49. The molecule has 21 heavy (non-hydrogen) atoms. The van der Waals surface area contributed by atoms with Gasteiger partial charge in [-0.25, -0.2) is 0 Å². The lowest BCUT2D eigenvalue weighted by molar-refractivity contribution is 0.417. The minimum atomic E-state index is -2.68. The molecule has 108 valence electrons. The molecule has 1 aliphatic rings. The van der Waals surface area contributed by atoms with E-state index in [4.69, 9.17) is 19.8 Å². The zero-order chi connectivity index (χ0) is 19.8. The Labute approximate surface area is 144 Å². The Morgan fingerprint density at radius 2 is 1.95 bits per heavy atom. The molecular weight excluding hydrogens is 298 g/mol. The number of fused-ring (bicyclic) bond motifs is 2. The van der Waals surface area contributed by atoms with Crippen molar-refractivity contribution in [3.63, 3.8) is 0 Å². The van der Waals surface area contributed by atoms with Gasteiger partial charge in [-0.2, -0.15) is 0 Å². The van der Waals surface area contributed by atoms with Crippen molar-refractivity contribution in [2.75, 3.05) is 20.5 Å². The number of hydrogen-bond donors (Lipinski definition) is 0. The van der Waals surface area contributed by atoms with Crippen LogP contribution in [0.4, 0.5) is 0 Å². The Balaban J connectivity index is 1.95. The number of nitrogens with zero attached hydrogens (tertiary/aromatic N) is 1. The molecule has 0 bridgehead atoms. The van der Waals surface area contributed by atoms with Crippen LogP contribution >= 0.6 is 23.4 Å². The highest BCUT2D eigenvalue weighted by Gasteiger charge is 2.20. The Kier molecular flexibility index (Phi) is 2.70. The summed E-state index contributed by atoms with van der Waals surface area (Å²) in [6.45, 7) is -5.45. The van der Waals surface area contributed by atoms with E-state index >= 15 is 0 Å².